The van der Waals surface area contributed by atoms with Gasteiger partial charge < -0.3 is 24.8 Å². The quantitative estimate of drug-likeness (QED) is 0.538. The summed E-state index contributed by atoms with van der Waals surface area (Å²) in [5.41, 5.74) is 1.78. The molecule has 0 spiro atoms. The number of nitrogens with one attached hydrogen (secondary N) is 2. The number of amides is 1. The lowest BCUT2D eigenvalue weighted by molar-refractivity contribution is 0.102. The zero-order chi connectivity index (χ0) is 20.5. The molecule has 2 N–H and O–H groups in total. The Labute approximate surface area is 169 Å². The molecule has 0 atom stereocenters. The molecule has 0 saturated heterocycles. The molecule has 29 heavy (non-hydrogen) atoms. The Morgan fingerprint density at radius 1 is 0.966 bits per heavy atom. The zero-order valence-electron chi connectivity index (χ0n) is 16.3. The normalized spacial score (nSPS) is 10.1. The lowest BCUT2D eigenvalue weighted by atomic mass is 10.2. The van der Waals surface area contributed by atoms with E-state index in [2.05, 4.69) is 15.6 Å². The molecule has 0 radical (unpaired) electrons. The molecule has 7 heteroatoms. The van der Waals surface area contributed by atoms with E-state index < -0.39 is 0 Å². The summed E-state index contributed by atoms with van der Waals surface area (Å²) in [6.07, 6.45) is 3.18. The summed E-state index contributed by atoms with van der Waals surface area (Å²) in [4.78, 5) is 16.7. The van der Waals surface area contributed by atoms with E-state index in [9.17, 15) is 4.79 Å². The van der Waals surface area contributed by atoms with E-state index in [4.69, 9.17) is 14.2 Å². The first-order valence-corrected chi connectivity index (χ1v) is 9.10. The van der Waals surface area contributed by atoms with Gasteiger partial charge in [-0.1, -0.05) is 12.1 Å². The number of rotatable bonds is 9. The summed E-state index contributed by atoms with van der Waals surface area (Å²) < 4.78 is 16.1. The fraction of sp³-hybridized carbons (Fsp3) is 0.182. The van der Waals surface area contributed by atoms with E-state index in [1.807, 2.05) is 36.4 Å². The third-order valence-electron chi connectivity index (χ3n) is 4.11. The number of benzene rings is 2. The molecule has 7 nitrogen and oxygen atoms in total. The molecule has 1 heterocycles. The Kier molecular flexibility index (Phi) is 6.89. The van der Waals surface area contributed by atoms with Crippen molar-refractivity contribution in [3.63, 3.8) is 0 Å². The van der Waals surface area contributed by atoms with Crippen LogP contribution in [0.15, 0.2) is 67.0 Å². The minimum Gasteiger partial charge on any atom is -0.497 e. The van der Waals surface area contributed by atoms with Crippen LogP contribution < -0.4 is 24.8 Å². The highest BCUT2D eigenvalue weighted by Gasteiger charge is 2.10. The molecule has 0 aliphatic rings. The van der Waals surface area contributed by atoms with Crippen molar-refractivity contribution in [2.24, 2.45) is 0 Å². The van der Waals surface area contributed by atoms with Gasteiger partial charge in [-0.05, 0) is 42.5 Å². The van der Waals surface area contributed by atoms with Crippen molar-refractivity contribution in [1.82, 2.24) is 4.98 Å². The SMILES string of the molecule is COc1ccc(OCCNc2cncc(C(=O)Nc3ccccc3OC)c2)cc1. The number of para-hydroxylation sites is 2. The standard InChI is InChI=1S/C22H23N3O4/c1-27-18-7-9-19(10-8-18)29-12-11-24-17-13-16(14-23-15-17)22(26)25-20-5-3-4-6-21(20)28-2/h3-10,13-15,24H,11-12H2,1-2H3,(H,25,26). The van der Waals surface area contributed by atoms with E-state index in [0.717, 1.165) is 17.2 Å². The van der Waals surface area contributed by atoms with Gasteiger partial charge in [-0.15, -0.1) is 0 Å². The first-order chi connectivity index (χ1) is 14.2. The topological polar surface area (TPSA) is 81.7 Å². The second-order valence-electron chi connectivity index (χ2n) is 6.07. The number of aromatic nitrogens is 1. The van der Waals surface area contributed by atoms with Gasteiger partial charge in [0, 0.05) is 18.9 Å². The molecule has 0 fully saturated rings. The van der Waals surface area contributed by atoms with Crippen molar-refractivity contribution in [2.75, 3.05) is 38.0 Å². The summed E-state index contributed by atoms with van der Waals surface area (Å²) in [5.74, 6) is 1.87. The van der Waals surface area contributed by atoms with Crippen LogP contribution in [-0.2, 0) is 0 Å². The van der Waals surface area contributed by atoms with E-state index in [1.54, 1.807) is 38.6 Å². The van der Waals surface area contributed by atoms with Gasteiger partial charge in [-0.25, -0.2) is 0 Å². The minimum absolute atomic E-state index is 0.264. The van der Waals surface area contributed by atoms with E-state index in [0.29, 0.717) is 30.2 Å². The Hall–Kier alpha value is -3.74. The lowest BCUT2D eigenvalue weighted by Gasteiger charge is -2.11. The average Bonchev–Trinajstić information content (AvgIpc) is 2.77. The highest BCUT2D eigenvalue weighted by molar-refractivity contribution is 6.05. The Morgan fingerprint density at radius 3 is 2.48 bits per heavy atom. The van der Waals surface area contributed by atoms with Crippen LogP contribution >= 0.6 is 0 Å². The summed E-state index contributed by atoms with van der Waals surface area (Å²) in [7, 11) is 3.18. The van der Waals surface area contributed by atoms with E-state index >= 15 is 0 Å². The molecular formula is C22H23N3O4. The second kappa shape index (κ2) is 9.98. The van der Waals surface area contributed by atoms with Crippen molar-refractivity contribution < 1.29 is 19.0 Å². The molecule has 2 aromatic carbocycles. The summed E-state index contributed by atoms with van der Waals surface area (Å²) in [5, 5.41) is 6.04. The molecule has 3 rings (SSSR count). The van der Waals surface area contributed by atoms with Gasteiger partial charge in [0.1, 0.15) is 23.9 Å². The maximum Gasteiger partial charge on any atom is 0.257 e. The molecule has 0 aliphatic heterocycles. The van der Waals surface area contributed by atoms with Crippen molar-refractivity contribution in [2.45, 2.75) is 0 Å². The maximum atomic E-state index is 12.5. The number of ether oxygens (including phenoxy) is 3. The minimum atomic E-state index is -0.264. The molecule has 3 aromatic rings. The first-order valence-electron chi connectivity index (χ1n) is 9.10. The average molecular weight is 393 g/mol. The highest BCUT2D eigenvalue weighted by atomic mass is 16.5. The van der Waals surface area contributed by atoms with Crippen LogP contribution in [0.4, 0.5) is 11.4 Å². The first kappa shape index (κ1) is 20.0. The van der Waals surface area contributed by atoms with Gasteiger partial charge in [0.2, 0.25) is 0 Å². The number of anilines is 2. The van der Waals surface area contributed by atoms with Crippen molar-refractivity contribution in [1.29, 1.82) is 0 Å². The number of methoxy groups -OCH3 is 2. The number of hydrogen-bond donors (Lipinski definition) is 2. The van der Waals surface area contributed by atoms with Gasteiger partial charge in [0.15, 0.2) is 0 Å². The van der Waals surface area contributed by atoms with Gasteiger partial charge >= 0.3 is 0 Å². The van der Waals surface area contributed by atoms with Gasteiger partial charge in [0.05, 0.1) is 31.2 Å². The number of pyridine rings is 1. The molecule has 0 aliphatic carbocycles. The molecular weight excluding hydrogens is 370 g/mol. The highest BCUT2D eigenvalue weighted by Crippen LogP contribution is 2.24. The Balaban J connectivity index is 1.52. The van der Waals surface area contributed by atoms with Crippen molar-refractivity contribution >= 4 is 17.3 Å². The van der Waals surface area contributed by atoms with E-state index in [-0.39, 0.29) is 5.91 Å². The molecule has 0 unspecified atom stereocenters. The predicted molar refractivity (Wildman–Crippen MR) is 112 cm³/mol. The van der Waals surface area contributed by atoms with E-state index in [1.165, 1.54) is 6.20 Å². The Morgan fingerprint density at radius 2 is 1.72 bits per heavy atom. The maximum absolute atomic E-state index is 12.5. The van der Waals surface area contributed by atoms with Crippen LogP contribution in [-0.4, -0.2) is 38.3 Å². The van der Waals surface area contributed by atoms with Crippen molar-refractivity contribution in [3.05, 3.63) is 72.6 Å². The van der Waals surface area contributed by atoms with Crippen LogP contribution in [0.2, 0.25) is 0 Å². The summed E-state index contributed by atoms with van der Waals surface area (Å²) in [6, 6.07) is 16.4. The van der Waals surface area contributed by atoms with Gasteiger partial charge in [-0.2, -0.15) is 0 Å². The van der Waals surface area contributed by atoms with Crippen LogP contribution in [0.1, 0.15) is 10.4 Å². The third kappa shape index (κ3) is 5.62. The molecule has 1 aromatic heterocycles. The fourth-order valence-electron chi connectivity index (χ4n) is 2.64. The molecule has 0 bridgehead atoms. The van der Waals surface area contributed by atoms with Crippen LogP contribution in [0.25, 0.3) is 0 Å². The molecule has 1 amide bonds. The lowest BCUT2D eigenvalue weighted by Crippen LogP contribution is -2.15. The Bertz CT molecular complexity index is 945. The van der Waals surface area contributed by atoms with Gasteiger partial charge in [0.25, 0.3) is 5.91 Å². The van der Waals surface area contributed by atoms with Crippen LogP contribution in [0.3, 0.4) is 0 Å². The summed E-state index contributed by atoms with van der Waals surface area (Å²) in [6.45, 7) is 1.02. The third-order valence-corrected chi connectivity index (χ3v) is 4.11. The number of nitrogens with zero attached hydrogens (tertiary/aromatic N) is 1. The largest absolute Gasteiger partial charge is 0.497 e. The van der Waals surface area contributed by atoms with Crippen molar-refractivity contribution in [3.8, 4) is 17.2 Å². The van der Waals surface area contributed by atoms with Crippen LogP contribution in [0.5, 0.6) is 17.2 Å². The molecule has 0 saturated carbocycles. The zero-order valence-corrected chi connectivity index (χ0v) is 16.3. The smallest absolute Gasteiger partial charge is 0.257 e. The number of carbonyl (C=O) groups excluding carboxylic acids is 1. The number of carbonyl (C=O) groups is 1. The monoisotopic (exact) mass is 393 g/mol. The van der Waals surface area contributed by atoms with Gasteiger partial charge in [-0.3, -0.25) is 9.78 Å². The number of hydrogen-bond acceptors (Lipinski definition) is 6. The predicted octanol–water partition coefficient (Wildman–Crippen LogP) is 3.84. The van der Waals surface area contributed by atoms with Crippen LogP contribution in [0, 0.1) is 0 Å². The molecule has 150 valence electrons. The fourth-order valence-corrected chi connectivity index (χ4v) is 2.64. The second-order valence-corrected chi connectivity index (χ2v) is 6.07. The summed E-state index contributed by atoms with van der Waals surface area (Å²) >= 11 is 0.